The second-order valence-corrected chi connectivity index (χ2v) is 6.11. The van der Waals surface area contributed by atoms with E-state index < -0.39 is 23.2 Å². The van der Waals surface area contributed by atoms with E-state index in [0.29, 0.717) is 13.1 Å². The molecule has 0 spiro atoms. The first-order valence-electron chi connectivity index (χ1n) is 8.42. The maximum Gasteiger partial charge on any atom is 0.238 e. The van der Waals surface area contributed by atoms with Gasteiger partial charge in [-0.1, -0.05) is 12.1 Å². The Morgan fingerprint density at radius 1 is 1.08 bits per heavy atom. The maximum absolute atomic E-state index is 13.6. The van der Waals surface area contributed by atoms with Gasteiger partial charge in [0.1, 0.15) is 23.1 Å². The molecule has 2 aromatic carbocycles. The molecule has 26 heavy (non-hydrogen) atoms. The van der Waals surface area contributed by atoms with Crippen molar-refractivity contribution in [3.05, 3.63) is 54.1 Å². The first kappa shape index (κ1) is 18.1. The number of benzene rings is 2. The highest BCUT2D eigenvalue weighted by molar-refractivity contribution is 5.92. The number of hydrogen-bond acceptors (Lipinski definition) is 4. The number of anilines is 2. The van der Waals surface area contributed by atoms with Crippen LogP contribution in [0.1, 0.15) is 0 Å². The van der Waals surface area contributed by atoms with E-state index in [9.17, 15) is 13.6 Å². The first-order valence-corrected chi connectivity index (χ1v) is 8.42. The van der Waals surface area contributed by atoms with Crippen LogP contribution < -0.4 is 15.0 Å². The summed E-state index contributed by atoms with van der Waals surface area (Å²) < 4.78 is 32.5. The molecule has 0 atom stereocenters. The van der Waals surface area contributed by atoms with Crippen molar-refractivity contribution in [3.8, 4) is 5.75 Å². The smallest absolute Gasteiger partial charge is 0.238 e. The largest absolute Gasteiger partial charge is 0.497 e. The van der Waals surface area contributed by atoms with Crippen molar-refractivity contribution in [2.75, 3.05) is 50.1 Å². The second kappa shape index (κ2) is 8.14. The van der Waals surface area contributed by atoms with Crippen LogP contribution in [-0.2, 0) is 4.79 Å². The molecule has 2 aromatic rings. The number of ether oxygens (including phenoxy) is 1. The van der Waals surface area contributed by atoms with Gasteiger partial charge in [-0.25, -0.2) is 8.78 Å². The third-order valence-electron chi connectivity index (χ3n) is 4.39. The highest BCUT2D eigenvalue weighted by Gasteiger charge is 2.20. The number of nitrogens with one attached hydrogen (secondary N) is 1. The van der Waals surface area contributed by atoms with Crippen LogP contribution in [0.3, 0.4) is 0 Å². The number of amides is 1. The number of hydrogen-bond donors (Lipinski definition) is 1. The first-order chi connectivity index (χ1) is 12.6. The zero-order chi connectivity index (χ0) is 18.5. The van der Waals surface area contributed by atoms with Gasteiger partial charge in [0.2, 0.25) is 5.91 Å². The molecular formula is C19H21F2N3O2. The second-order valence-electron chi connectivity index (χ2n) is 6.11. The zero-order valence-electron chi connectivity index (χ0n) is 14.5. The third kappa shape index (κ3) is 4.29. The average molecular weight is 361 g/mol. The number of para-hydroxylation sites is 1. The molecule has 138 valence electrons. The third-order valence-corrected chi connectivity index (χ3v) is 4.39. The molecule has 0 aromatic heterocycles. The Morgan fingerprint density at radius 2 is 1.73 bits per heavy atom. The number of methoxy groups -OCH3 is 1. The number of rotatable bonds is 5. The standard InChI is InChI=1S/C19H21F2N3O2/c1-26-15-5-2-4-14(12-15)24-10-8-23(9-11-24)13-18(25)22-19-16(20)6-3-7-17(19)21/h2-7,12H,8-11,13H2,1H3,(H,22,25). The van der Waals surface area contributed by atoms with Crippen LogP contribution in [0.25, 0.3) is 0 Å². The average Bonchev–Trinajstić information content (AvgIpc) is 2.65. The van der Waals surface area contributed by atoms with Crippen LogP contribution in [-0.4, -0.2) is 50.6 Å². The van der Waals surface area contributed by atoms with Crippen molar-refractivity contribution in [3.63, 3.8) is 0 Å². The molecule has 1 fully saturated rings. The molecule has 0 aliphatic carbocycles. The molecule has 0 bridgehead atoms. The Balaban J connectivity index is 1.53. The van der Waals surface area contributed by atoms with Gasteiger partial charge in [0.15, 0.2) is 0 Å². The summed E-state index contributed by atoms with van der Waals surface area (Å²) in [5.41, 5.74) is 0.675. The minimum atomic E-state index is -0.777. The number of halogens is 2. The van der Waals surface area contributed by atoms with Crippen molar-refractivity contribution in [2.24, 2.45) is 0 Å². The Hall–Kier alpha value is -2.67. The van der Waals surface area contributed by atoms with Crippen molar-refractivity contribution in [2.45, 2.75) is 0 Å². The summed E-state index contributed by atoms with van der Waals surface area (Å²) in [6, 6.07) is 11.3. The highest BCUT2D eigenvalue weighted by Crippen LogP contribution is 2.22. The Kier molecular flexibility index (Phi) is 5.68. The van der Waals surface area contributed by atoms with E-state index in [1.54, 1.807) is 7.11 Å². The normalized spacial score (nSPS) is 15.0. The summed E-state index contributed by atoms with van der Waals surface area (Å²) in [7, 11) is 1.63. The van der Waals surface area contributed by atoms with Crippen LogP contribution >= 0.6 is 0 Å². The molecule has 1 amide bonds. The van der Waals surface area contributed by atoms with Crippen LogP contribution in [0.5, 0.6) is 5.75 Å². The lowest BCUT2D eigenvalue weighted by Crippen LogP contribution is -2.48. The van der Waals surface area contributed by atoms with E-state index in [1.807, 2.05) is 29.2 Å². The molecule has 3 rings (SSSR count). The quantitative estimate of drug-likeness (QED) is 0.890. The van der Waals surface area contributed by atoms with Gasteiger partial charge in [-0.2, -0.15) is 0 Å². The van der Waals surface area contributed by atoms with Crippen molar-refractivity contribution >= 4 is 17.3 Å². The van der Waals surface area contributed by atoms with Crippen LogP contribution in [0, 0.1) is 11.6 Å². The molecule has 1 N–H and O–H groups in total. The lowest BCUT2D eigenvalue weighted by Gasteiger charge is -2.35. The topological polar surface area (TPSA) is 44.8 Å². The van der Waals surface area contributed by atoms with Gasteiger partial charge in [-0.3, -0.25) is 9.69 Å². The van der Waals surface area contributed by atoms with Gasteiger partial charge >= 0.3 is 0 Å². The SMILES string of the molecule is COc1cccc(N2CCN(CC(=O)Nc3c(F)cccc3F)CC2)c1. The highest BCUT2D eigenvalue weighted by atomic mass is 19.1. The monoisotopic (exact) mass is 361 g/mol. The summed E-state index contributed by atoms with van der Waals surface area (Å²) in [5.74, 6) is -1.18. The van der Waals surface area contributed by atoms with E-state index >= 15 is 0 Å². The lowest BCUT2D eigenvalue weighted by atomic mass is 10.2. The van der Waals surface area contributed by atoms with E-state index in [1.165, 1.54) is 6.07 Å². The summed E-state index contributed by atoms with van der Waals surface area (Å²) in [6.07, 6.45) is 0. The summed E-state index contributed by atoms with van der Waals surface area (Å²) in [5, 5.41) is 2.32. The summed E-state index contributed by atoms with van der Waals surface area (Å²) in [6.45, 7) is 2.98. The molecule has 0 saturated carbocycles. The molecule has 1 saturated heterocycles. The molecule has 1 aliphatic heterocycles. The van der Waals surface area contributed by atoms with Crippen molar-refractivity contribution < 1.29 is 18.3 Å². The van der Waals surface area contributed by atoms with Crippen molar-refractivity contribution in [1.29, 1.82) is 0 Å². The van der Waals surface area contributed by atoms with E-state index in [2.05, 4.69) is 10.2 Å². The Labute approximate surface area is 151 Å². The van der Waals surface area contributed by atoms with Gasteiger partial charge < -0.3 is 15.0 Å². The van der Waals surface area contributed by atoms with E-state index in [0.717, 1.165) is 36.7 Å². The van der Waals surface area contributed by atoms with E-state index in [-0.39, 0.29) is 6.54 Å². The molecule has 0 radical (unpaired) electrons. The van der Waals surface area contributed by atoms with Gasteiger partial charge in [0, 0.05) is 37.9 Å². The van der Waals surface area contributed by atoms with Gasteiger partial charge in [0.05, 0.1) is 13.7 Å². The van der Waals surface area contributed by atoms with Gasteiger partial charge in [-0.05, 0) is 24.3 Å². The maximum atomic E-state index is 13.6. The number of piperazine rings is 1. The van der Waals surface area contributed by atoms with Gasteiger partial charge in [-0.15, -0.1) is 0 Å². The molecule has 7 heteroatoms. The van der Waals surface area contributed by atoms with Gasteiger partial charge in [0.25, 0.3) is 0 Å². The molecular weight excluding hydrogens is 340 g/mol. The molecule has 0 unspecified atom stereocenters. The fourth-order valence-corrected chi connectivity index (χ4v) is 2.97. The number of carbonyl (C=O) groups is 1. The predicted octanol–water partition coefficient (Wildman–Crippen LogP) is 2.73. The summed E-state index contributed by atoms with van der Waals surface area (Å²) >= 11 is 0. The Bertz CT molecular complexity index is 757. The van der Waals surface area contributed by atoms with Crippen LogP contribution in [0.2, 0.25) is 0 Å². The lowest BCUT2D eigenvalue weighted by molar-refractivity contribution is -0.117. The minimum Gasteiger partial charge on any atom is -0.497 e. The van der Waals surface area contributed by atoms with Crippen LogP contribution in [0.4, 0.5) is 20.2 Å². The fourth-order valence-electron chi connectivity index (χ4n) is 2.97. The summed E-state index contributed by atoms with van der Waals surface area (Å²) in [4.78, 5) is 16.3. The van der Waals surface area contributed by atoms with Crippen LogP contribution in [0.15, 0.2) is 42.5 Å². The Morgan fingerprint density at radius 3 is 2.38 bits per heavy atom. The zero-order valence-corrected chi connectivity index (χ0v) is 14.5. The minimum absolute atomic E-state index is 0.0969. The fraction of sp³-hybridized carbons (Fsp3) is 0.316. The molecule has 1 heterocycles. The predicted molar refractivity (Wildman–Crippen MR) is 96.6 cm³/mol. The number of nitrogens with zero attached hydrogens (tertiary/aromatic N) is 2. The van der Waals surface area contributed by atoms with E-state index in [4.69, 9.17) is 4.74 Å². The van der Waals surface area contributed by atoms with Crippen molar-refractivity contribution in [1.82, 2.24) is 4.90 Å². The molecule has 1 aliphatic rings. The molecule has 5 nitrogen and oxygen atoms in total. The number of carbonyl (C=O) groups excluding carboxylic acids is 1.